The summed E-state index contributed by atoms with van der Waals surface area (Å²) in [5.74, 6) is 1.21. The molecule has 2 aliphatic rings. The number of hydrogen-bond acceptors (Lipinski definition) is 7. The number of aromatic nitrogens is 4. The van der Waals surface area contributed by atoms with Crippen LogP contribution in [-0.4, -0.2) is 47.2 Å². The number of rotatable bonds is 5. The standard InChI is InChI=1S/C28H28F2N4O3S/c1-27(2,35)23-16-11-19(22-20(37-26(29)30)6-5-7-21(22)38-23)34-18-10-14(8-9-17(18)33-24(16)34)15-12-31-25(32-13-15)28(3,4)36/h5-10,12-13,16,19,23,26,35-36H,11H2,1-4H3/t16-,19-,23+/m0/s1. The van der Waals surface area contributed by atoms with Gasteiger partial charge in [0.25, 0.3) is 0 Å². The van der Waals surface area contributed by atoms with Crippen molar-refractivity contribution in [2.45, 2.75) is 74.0 Å². The molecular formula is C28H28F2N4O3S. The molecule has 2 aromatic carbocycles. The van der Waals surface area contributed by atoms with Crippen molar-refractivity contribution in [1.29, 1.82) is 0 Å². The smallest absolute Gasteiger partial charge is 0.387 e. The Labute approximate surface area is 222 Å². The van der Waals surface area contributed by atoms with E-state index in [2.05, 4.69) is 14.5 Å². The number of hydrogen-bond donors (Lipinski definition) is 2. The predicted octanol–water partition coefficient (Wildman–Crippen LogP) is 5.64. The number of nitrogens with zero attached hydrogens (tertiary/aromatic N) is 4. The van der Waals surface area contributed by atoms with E-state index in [0.717, 1.165) is 32.9 Å². The van der Waals surface area contributed by atoms with Crippen LogP contribution >= 0.6 is 11.8 Å². The van der Waals surface area contributed by atoms with E-state index < -0.39 is 17.8 Å². The molecule has 2 aliphatic heterocycles. The number of fused-ring (bicyclic) bond motifs is 9. The van der Waals surface area contributed by atoms with Crippen LogP contribution in [0.3, 0.4) is 0 Å². The first-order valence-corrected chi connectivity index (χ1v) is 13.3. The van der Waals surface area contributed by atoms with Crippen LogP contribution in [0.4, 0.5) is 8.78 Å². The van der Waals surface area contributed by atoms with Crippen LogP contribution in [0.15, 0.2) is 53.7 Å². The molecule has 6 rings (SSSR count). The van der Waals surface area contributed by atoms with E-state index in [1.165, 1.54) is 11.8 Å². The van der Waals surface area contributed by atoms with E-state index in [9.17, 15) is 19.0 Å². The number of halogens is 2. The molecule has 0 aliphatic carbocycles. The molecule has 0 fully saturated rings. The Hall–Kier alpha value is -3.08. The highest BCUT2D eigenvalue weighted by atomic mass is 32.2. The van der Waals surface area contributed by atoms with Crippen molar-refractivity contribution < 1.29 is 23.7 Å². The average Bonchev–Trinajstić information content (AvgIpc) is 3.31. The van der Waals surface area contributed by atoms with Gasteiger partial charge in [0.05, 0.1) is 22.7 Å². The molecule has 0 unspecified atom stereocenters. The molecule has 3 atom stereocenters. The second-order valence-corrected chi connectivity index (χ2v) is 12.2. The minimum absolute atomic E-state index is 0.0953. The van der Waals surface area contributed by atoms with E-state index >= 15 is 0 Å². The zero-order valence-corrected chi connectivity index (χ0v) is 22.2. The van der Waals surface area contributed by atoms with Crippen LogP contribution in [-0.2, 0) is 5.60 Å². The monoisotopic (exact) mass is 538 g/mol. The Morgan fingerprint density at radius 2 is 1.79 bits per heavy atom. The van der Waals surface area contributed by atoms with Crippen molar-refractivity contribution in [1.82, 2.24) is 19.5 Å². The van der Waals surface area contributed by atoms with Gasteiger partial charge in [-0.1, -0.05) is 12.1 Å². The Morgan fingerprint density at radius 1 is 1.05 bits per heavy atom. The minimum atomic E-state index is -2.95. The van der Waals surface area contributed by atoms with Crippen molar-refractivity contribution in [2.24, 2.45) is 0 Å². The largest absolute Gasteiger partial charge is 0.434 e. The maximum Gasteiger partial charge on any atom is 0.387 e. The SMILES string of the molecule is CC(C)(O)c1ncc(-c2ccc3nc4n(c3c2)[C@H]2C[C@H]4[C@H](C(C)(C)O)Sc3cccc(OC(F)F)c32)cn1. The molecule has 0 spiro atoms. The number of alkyl halides is 2. The third-order valence-corrected chi connectivity index (χ3v) is 9.03. The zero-order chi connectivity index (χ0) is 27.0. The second-order valence-electron chi connectivity index (χ2n) is 11.0. The summed E-state index contributed by atoms with van der Waals surface area (Å²) >= 11 is 1.50. The summed E-state index contributed by atoms with van der Waals surface area (Å²) in [5.41, 5.74) is 1.78. The van der Waals surface area contributed by atoms with Gasteiger partial charge in [0.2, 0.25) is 0 Å². The number of thioether (sulfide) groups is 1. The summed E-state index contributed by atoms with van der Waals surface area (Å²) in [6, 6.07) is 10.8. The van der Waals surface area contributed by atoms with E-state index in [0.29, 0.717) is 17.8 Å². The van der Waals surface area contributed by atoms with Crippen LogP contribution in [0, 0.1) is 0 Å². The molecule has 0 amide bonds. The summed E-state index contributed by atoms with van der Waals surface area (Å²) in [5, 5.41) is 21.1. The van der Waals surface area contributed by atoms with E-state index in [1.54, 1.807) is 52.2 Å². The highest BCUT2D eigenvalue weighted by Gasteiger charge is 2.48. The summed E-state index contributed by atoms with van der Waals surface area (Å²) in [6.07, 6.45) is 3.97. The molecule has 2 aromatic heterocycles. The van der Waals surface area contributed by atoms with Crippen molar-refractivity contribution in [3.63, 3.8) is 0 Å². The molecule has 10 heteroatoms. The highest BCUT2D eigenvalue weighted by molar-refractivity contribution is 8.00. The first-order valence-electron chi connectivity index (χ1n) is 12.5. The van der Waals surface area contributed by atoms with Crippen molar-refractivity contribution in [2.75, 3.05) is 0 Å². The van der Waals surface area contributed by atoms with Crippen molar-refractivity contribution in [3.05, 3.63) is 66.0 Å². The molecule has 198 valence electrons. The normalized spacial score (nSPS) is 20.9. The van der Waals surface area contributed by atoms with Gasteiger partial charge in [0.1, 0.15) is 17.2 Å². The molecular weight excluding hydrogens is 510 g/mol. The first-order chi connectivity index (χ1) is 17.9. The van der Waals surface area contributed by atoms with Crippen LogP contribution in [0.5, 0.6) is 5.75 Å². The average molecular weight is 539 g/mol. The van der Waals surface area contributed by atoms with Crippen molar-refractivity contribution in [3.8, 4) is 16.9 Å². The fourth-order valence-electron chi connectivity index (χ4n) is 5.64. The fourth-order valence-corrected chi connectivity index (χ4v) is 7.12. The molecule has 2 N–H and O–H groups in total. The summed E-state index contributed by atoms with van der Waals surface area (Å²) < 4.78 is 33.9. The number of aliphatic hydroxyl groups is 2. The summed E-state index contributed by atoms with van der Waals surface area (Å²) in [7, 11) is 0. The van der Waals surface area contributed by atoms with Crippen LogP contribution in [0.1, 0.15) is 63.3 Å². The van der Waals surface area contributed by atoms with Crippen LogP contribution < -0.4 is 4.74 Å². The lowest BCUT2D eigenvalue weighted by Gasteiger charge is -2.32. The predicted molar refractivity (Wildman–Crippen MR) is 141 cm³/mol. The lowest BCUT2D eigenvalue weighted by Crippen LogP contribution is -2.37. The molecule has 7 nitrogen and oxygen atoms in total. The third kappa shape index (κ3) is 4.15. The van der Waals surface area contributed by atoms with Gasteiger partial charge in [0, 0.05) is 39.6 Å². The molecule has 0 radical (unpaired) electrons. The van der Waals surface area contributed by atoms with Gasteiger partial charge in [-0.25, -0.2) is 15.0 Å². The zero-order valence-electron chi connectivity index (χ0n) is 21.4. The lowest BCUT2D eigenvalue weighted by molar-refractivity contribution is -0.0508. The topological polar surface area (TPSA) is 93.3 Å². The van der Waals surface area contributed by atoms with Gasteiger partial charge < -0.3 is 19.5 Å². The van der Waals surface area contributed by atoms with Gasteiger partial charge in [-0.3, -0.25) is 0 Å². The summed E-state index contributed by atoms with van der Waals surface area (Å²) in [6.45, 7) is 3.88. The van der Waals surface area contributed by atoms with Crippen LogP contribution in [0.25, 0.3) is 22.2 Å². The third-order valence-electron chi connectivity index (χ3n) is 7.26. The van der Waals surface area contributed by atoms with Gasteiger partial charge in [0.15, 0.2) is 5.82 Å². The van der Waals surface area contributed by atoms with Crippen molar-refractivity contribution >= 4 is 22.8 Å². The summed E-state index contributed by atoms with van der Waals surface area (Å²) in [4.78, 5) is 14.5. The Balaban J connectivity index is 1.53. The molecule has 4 aromatic rings. The maximum absolute atomic E-state index is 13.4. The minimum Gasteiger partial charge on any atom is -0.434 e. The van der Waals surface area contributed by atoms with Gasteiger partial charge in [-0.2, -0.15) is 8.78 Å². The van der Waals surface area contributed by atoms with E-state index in [4.69, 9.17) is 9.72 Å². The second kappa shape index (κ2) is 8.72. The van der Waals surface area contributed by atoms with Gasteiger partial charge >= 0.3 is 6.61 Å². The van der Waals surface area contributed by atoms with E-state index in [1.807, 2.05) is 24.3 Å². The number of benzene rings is 2. The molecule has 0 saturated heterocycles. The quantitative estimate of drug-likeness (QED) is 0.340. The highest BCUT2D eigenvalue weighted by Crippen LogP contribution is 2.57. The van der Waals surface area contributed by atoms with Gasteiger partial charge in [-0.15, -0.1) is 11.8 Å². The number of ether oxygens (including phenoxy) is 1. The Bertz CT molecular complexity index is 1530. The maximum atomic E-state index is 13.4. The first kappa shape index (κ1) is 25.2. The van der Waals surface area contributed by atoms with Gasteiger partial charge in [-0.05, 0) is 63.9 Å². The molecule has 4 heterocycles. The molecule has 2 bridgehead atoms. The molecule has 38 heavy (non-hydrogen) atoms. The fraction of sp³-hybridized carbons (Fsp3) is 0.393. The lowest BCUT2D eigenvalue weighted by atomic mass is 9.88. The number of imidazole rings is 1. The van der Waals surface area contributed by atoms with E-state index in [-0.39, 0.29) is 23.0 Å². The Kier molecular flexibility index (Phi) is 5.79. The van der Waals surface area contributed by atoms with Crippen LogP contribution in [0.2, 0.25) is 0 Å². The Morgan fingerprint density at radius 3 is 2.45 bits per heavy atom. The molecule has 0 saturated carbocycles.